The second kappa shape index (κ2) is 6.61. The zero-order valence-electron chi connectivity index (χ0n) is 13.1. The van der Waals surface area contributed by atoms with E-state index in [1.165, 1.54) is 64.2 Å². The maximum atomic E-state index is 2.72. The fourth-order valence-electron chi connectivity index (χ4n) is 4.70. The highest BCUT2D eigenvalue weighted by Crippen LogP contribution is 2.68. The highest BCUT2D eigenvalue weighted by Gasteiger charge is 2.49. The van der Waals surface area contributed by atoms with Gasteiger partial charge in [-0.15, -0.1) is 0 Å². The van der Waals surface area contributed by atoms with Crippen molar-refractivity contribution in [3.05, 3.63) is 30.3 Å². The van der Waals surface area contributed by atoms with Crippen LogP contribution in [0.3, 0.4) is 0 Å². The van der Waals surface area contributed by atoms with Crippen LogP contribution in [-0.2, 0) is 0 Å². The molecule has 1 aromatic rings. The van der Waals surface area contributed by atoms with Gasteiger partial charge in [-0.1, -0.05) is 31.0 Å². The lowest BCUT2D eigenvalue weighted by molar-refractivity contribution is 0.482. The van der Waals surface area contributed by atoms with E-state index in [-0.39, 0.29) is 0 Å². The Labute approximate surface area is 125 Å². The molecular formula is C19H30P+. The van der Waals surface area contributed by atoms with Gasteiger partial charge >= 0.3 is 0 Å². The third kappa shape index (κ3) is 2.82. The summed E-state index contributed by atoms with van der Waals surface area (Å²) in [6.45, 7) is 2.72. The third-order valence-electron chi connectivity index (χ3n) is 5.98. The quantitative estimate of drug-likeness (QED) is 0.633. The largest absolute Gasteiger partial charge is 0.0942 e. The minimum Gasteiger partial charge on any atom is -0.0620 e. The van der Waals surface area contributed by atoms with Crippen LogP contribution in [-0.4, -0.2) is 18.0 Å². The number of benzene rings is 1. The Balaban J connectivity index is 1.92. The first-order chi connectivity index (χ1) is 9.82. The zero-order valence-corrected chi connectivity index (χ0v) is 14.0. The molecule has 0 N–H and O–H groups in total. The van der Waals surface area contributed by atoms with Gasteiger partial charge in [0.2, 0.25) is 0 Å². The van der Waals surface area contributed by atoms with E-state index in [9.17, 15) is 0 Å². The minimum absolute atomic E-state index is 0.973. The van der Waals surface area contributed by atoms with E-state index >= 15 is 0 Å². The lowest BCUT2D eigenvalue weighted by Crippen LogP contribution is -2.33. The lowest BCUT2D eigenvalue weighted by atomic mass is 9.99. The van der Waals surface area contributed by atoms with E-state index < -0.39 is 7.26 Å². The van der Waals surface area contributed by atoms with Crippen molar-refractivity contribution in [3.63, 3.8) is 0 Å². The van der Waals surface area contributed by atoms with Crippen molar-refractivity contribution in [2.45, 2.75) is 75.5 Å². The Kier molecular flexibility index (Phi) is 4.82. The van der Waals surface area contributed by atoms with Gasteiger partial charge in [-0.25, -0.2) is 0 Å². The topological polar surface area (TPSA) is 0 Å². The summed E-state index contributed by atoms with van der Waals surface area (Å²) in [5, 5.41) is 1.74. The van der Waals surface area contributed by atoms with E-state index in [2.05, 4.69) is 37.0 Å². The second-order valence-corrected chi connectivity index (χ2v) is 11.3. The Morgan fingerprint density at radius 1 is 0.700 bits per heavy atom. The van der Waals surface area contributed by atoms with Crippen LogP contribution in [0.1, 0.15) is 64.2 Å². The molecule has 0 amide bonds. The molecule has 0 nitrogen and oxygen atoms in total. The summed E-state index contributed by atoms with van der Waals surface area (Å²) in [4.78, 5) is 0. The minimum atomic E-state index is -0.973. The van der Waals surface area contributed by atoms with Crippen molar-refractivity contribution >= 4 is 12.6 Å². The first-order valence-corrected chi connectivity index (χ1v) is 11.1. The normalized spacial score (nSPS) is 22.9. The molecule has 0 bridgehead atoms. The fourth-order valence-corrected chi connectivity index (χ4v) is 9.83. The molecule has 0 spiro atoms. The lowest BCUT2D eigenvalue weighted by Gasteiger charge is -2.41. The molecule has 0 unspecified atom stereocenters. The molecule has 0 saturated heterocycles. The van der Waals surface area contributed by atoms with Gasteiger partial charge in [-0.05, 0) is 63.5 Å². The van der Waals surface area contributed by atoms with Crippen LogP contribution < -0.4 is 5.30 Å². The van der Waals surface area contributed by atoms with Crippen molar-refractivity contribution in [1.82, 2.24) is 0 Å². The van der Waals surface area contributed by atoms with Crippen molar-refractivity contribution < 1.29 is 0 Å². The predicted molar refractivity (Wildman–Crippen MR) is 92.7 cm³/mol. The van der Waals surface area contributed by atoms with Crippen molar-refractivity contribution in [2.24, 2.45) is 0 Å². The van der Waals surface area contributed by atoms with Gasteiger partial charge in [-0.2, -0.15) is 0 Å². The van der Waals surface area contributed by atoms with Crippen LogP contribution in [0.4, 0.5) is 0 Å². The molecule has 0 atom stereocenters. The van der Waals surface area contributed by atoms with Gasteiger partial charge < -0.3 is 0 Å². The molecule has 0 aromatic heterocycles. The molecule has 2 fully saturated rings. The van der Waals surface area contributed by atoms with Crippen LogP contribution in [0.5, 0.6) is 0 Å². The van der Waals surface area contributed by atoms with E-state index in [1.54, 1.807) is 5.30 Å². The van der Waals surface area contributed by atoms with Gasteiger partial charge in [0.05, 0.1) is 30.5 Å². The predicted octanol–water partition coefficient (Wildman–Crippen LogP) is 5.62. The molecule has 0 radical (unpaired) electrons. The van der Waals surface area contributed by atoms with Crippen molar-refractivity contribution in [2.75, 3.05) is 6.66 Å². The van der Waals surface area contributed by atoms with E-state index in [4.69, 9.17) is 0 Å². The molecule has 20 heavy (non-hydrogen) atoms. The first-order valence-electron chi connectivity index (χ1n) is 8.73. The van der Waals surface area contributed by atoms with Crippen LogP contribution in [0.2, 0.25) is 0 Å². The fraction of sp³-hybridized carbons (Fsp3) is 0.684. The van der Waals surface area contributed by atoms with Crippen LogP contribution in [0.15, 0.2) is 30.3 Å². The van der Waals surface area contributed by atoms with Gasteiger partial charge in [-0.3, -0.25) is 0 Å². The molecule has 3 rings (SSSR count). The Morgan fingerprint density at radius 3 is 1.60 bits per heavy atom. The van der Waals surface area contributed by atoms with Gasteiger partial charge in [0.25, 0.3) is 0 Å². The molecular weight excluding hydrogens is 259 g/mol. The summed E-state index contributed by atoms with van der Waals surface area (Å²) < 4.78 is 0. The second-order valence-electron chi connectivity index (χ2n) is 7.07. The molecule has 0 aliphatic heterocycles. The van der Waals surface area contributed by atoms with Gasteiger partial charge in [0, 0.05) is 0 Å². The molecule has 2 saturated carbocycles. The van der Waals surface area contributed by atoms with Crippen LogP contribution in [0, 0.1) is 0 Å². The SMILES string of the molecule is C[P+](c1ccccc1)(C1CCCCC1)C1CCCCC1. The number of rotatable bonds is 3. The maximum Gasteiger partial charge on any atom is 0.0942 e. The monoisotopic (exact) mass is 289 g/mol. The summed E-state index contributed by atoms with van der Waals surface area (Å²) >= 11 is 0. The Hall–Kier alpha value is -0.350. The average molecular weight is 289 g/mol. The summed E-state index contributed by atoms with van der Waals surface area (Å²) in [6, 6.07) is 11.7. The Bertz CT molecular complexity index is 381. The van der Waals surface area contributed by atoms with Crippen molar-refractivity contribution in [3.8, 4) is 0 Å². The summed E-state index contributed by atoms with van der Waals surface area (Å²) in [5.74, 6) is 0. The molecule has 1 aromatic carbocycles. The number of hydrogen-bond acceptors (Lipinski definition) is 0. The standard InChI is InChI=1S/C19H30P/c1-20(17-11-5-2-6-12-17,18-13-7-3-8-14-18)19-15-9-4-10-16-19/h2,5-6,11-12,18-19H,3-4,7-10,13-16H2,1H3/q+1. The van der Waals surface area contributed by atoms with E-state index in [0.29, 0.717) is 0 Å². The maximum absolute atomic E-state index is 2.72. The summed E-state index contributed by atoms with van der Waals surface area (Å²) in [5.41, 5.74) is 2.06. The molecule has 110 valence electrons. The van der Waals surface area contributed by atoms with E-state index in [0.717, 1.165) is 11.3 Å². The van der Waals surface area contributed by atoms with Gasteiger partial charge in [0.15, 0.2) is 0 Å². The molecule has 2 aliphatic rings. The average Bonchev–Trinajstić information content (AvgIpc) is 2.56. The molecule has 0 heterocycles. The zero-order chi connectivity index (χ0) is 13.8. The smallest absolute Gasteiger partial charge is 0.0620 e. The highest BCUT2D eigenvalue weighted by atomic mass is 31.2. The molecule has 1 heteroatoms. The summed E-state index contributed by atoms with van der Waals surface area (Å²) in [7, 11) is -0.973. The highest BCUT2D eigenvalue weighted by molar-refractivity contribution is 7.83. The van der Waals surface area contributed by atoms with Gasteiger partial charge in [0.1, 0.15) is 0 Å². The third-order valence-corrected chi connectivity index (χ3v) is 11.5. The van der Waals surface area contributed by atoms with Crippen LogP contribution in [0.25, 0.3) is 0 Å². The number of hydrogen-bond donors (Lipinski definition) is 0. The van der Waals surface area contributed by atoms with Crippen molar-refractivity contribution in [1.29, 1.82) is 0 Å². The Morgan fingerprint density at radius 2 is 1.15 bits per heavy atom. The van der Waals surface area contributed by atoms with E-state index in [1.807, 2.05) is 0 Å². The summed E-state index contributed by atoms with van der Waals surface area (Å²) in [6.07, 6.45) is 14.9. The first kappa shape index (κ1) is 14.6. The molecule has 2 aliphatic carbocycles. The van der Waals surface area contributed by atoms with Crippen LogP contribution >= 0.6 is 7.26 Å².